The molecule has 4 nitrogen and oxygen atoms in total. The van der Waals surface area contributed by atoms with Gasteiger partial charge < -0.3 is 0 Å². The number of hydrogen-bond donors (Lipinski definition) is 0. The molecule has 0 saturated carbocycles. The predicted molar refractivity (Wildman–Crippen MR) is 238 cm³/mol. The Morgan fingerprint density at radius 1 is 0.519 bits per heavy atom. The van der Waals surface area contributed by atoms with Crippen molar-refractivity contribution in [2.45, 2.75) is 86.0 Å². The van der Waals surface area contributed by atoms with Gasteiger partial charge in [0.1, 0.15) is 0 Å². The largest absolute Gasteiger partial charge is 0.255 e. The number of benzene rings is 3. The molecule has 0 saturated heterocycles. The maximum absolute atomic E-state index is 5.04. The van der Waals surface area contributed by atoms with Crippen molar-refractivity contribution >= 4 is 89.4 Å². The van der Waals surface area contributed by atoms with Crippen molar-refractivity contribution in [1.29, 1.82) is 0 Å². The summed E-state index contributed by atoms with van der Waals surface area (Å²) in [7, 11) is 0. The van der Waals surface area contributed by atoms with E-state index in [-0.39, 0.29) is 90.5 Å². The molecular formula is C43H51BrCl4N4Pd2. The van der Waals surface area contributed by atoms with Gasteiger partial charge in [-0.25, -0.2) is 0 Å². The Morgan fingerprint density at radius 3 is 1.09 bits per heavy atom. The molecule has 0 amide bonds. The minimum Gasteiger partial charge on any atom is -0.255 e. The maximum Gasteiger partial charge on any atom is 0.0812 e. The van der Waals surface area contributed by atoms with Crippen LogP contribution in [0.1, 0.15) is 118 Å². The molecule has 5 rings (SSSR count). The first kappa shape index (κ1) is 54.4. The Balaban J connectivity index is 0. The molecule has 54 heavy (non-hydrogen) atoms. The van der Waals surface area contributed by atoms with Gasteiger partial charge in [0.25, 0.3) is 0 Å². The molecule has 0 spiro atoms. The molecule has 0 atom stereocenters. The number of nitrogens with zero attached hydrogens (tertiary/aromatic N) is 4. The van der Waals surface area contributed by atoms with Crippen molar-refractivity contribution in [3.8, 4) is 22.3 Å². The van der Waals surface area contributed by atoms with E-state index < -0.39 is 0 Å². The van der Waals surface area contributed by atoms with Crippen LogP contribution in [0.2, 0.25) is 0 Å². The summed E-state index contributed by atoms with van der Waals surface area (Å²) in [5.74, 6) is 1.19. The van der Waals surface area contributed by atoms with Gasteiger partial charge in [-0.05, 0) is 141 Å². The summed E-state index contributed by atoms with van der Waals surface area (Å²) in [6, 6.07) is 25.7. The first-order valence-corrected chi connectivity index (χ1v) is 17.8. The fourth-order valence-corrected chi connectivity index (χ4v) is 6.63. The van der Waals surface area contributed by atoms with E-state index in [0.29, 0.717) is 23.7 Å². The Morgan fingerprint density at radius 2 is 0.833 bits per heavy atom. The third-order valence-corrected chi connectivity index (χ3v) is 9.31. The smallest absolute Gasteiger partial charge is 0.0812 e. The van der Waals surface area contributed by atoms with Crippen LogP contribution in [0.15, 0.2) is 99.6 Å². The topological polar surface area (TPSA) is 50.5 Å². The van der Waals surface area contributed by atoms with E-state index in [2.05, 4.69) is 125 Å². The molecule has 5 aromatic rings. The summed E-state index contributed by atoms with van der Waals surface area (Å²) in [5, 5.41) is 0. The van der Waals surface area contributed by atoms with Crippen molar-refractivity contribution in [2.24, 2.45) is 9.98 Å². The number of rotatable bonds is 10. The molecular weight excluding hydrogens is 1010 g/mol. The number of pyridine rings is 2. The van der Waals surface area contributed by atoms with Gasteiger partial charge in [0.2, 0.25) is 0 Å². The molecule has 3 aromatic carbocycles. The quantitative estimate of drug-likeness (QED) is 0.103. The monoisotopic (exact) mass is 1050 g/mol. The Kier molecular flexibility index (Phi) is 25.0. The Bertz CT molecular complexity index is 1770. The van der Waals surface area contributed by atoms with Crippen LogP contribution >= 0.6 is 65.6 Å². The van der Waals surface area contributed by atoms with Gasteiger partial charge in [0, 0.05) is 57.7 Å². The first-order valence-electron chi connectivity index (χ1n) is 17.0. The molecule has 0 aliphatic carbocycles. The second kappa shape index (κ2) is 24.8. The van der Waals surface area contributed by atoms with Gasteiger partial charge >= 0.3 is 0 Å². The standard InChI is InChI=1S/C43H47BrN4.4ClH.2Pd/c1-26(2)36-18-31(19-37(27(3)4)42(36)47-24-34-14-10-12-16-45-34)40-22-33(44)23-41(30(40)9)32-20-38(28(5)6)43(39(21-32)29(7)8)48-25-35-15-11-13-17-46-35;;;;;;/h10-29H,1-9H3;4*1H;;. The molecule has 0 radical (unpaired) electrons. The molecule has 298 valence electrons. The van der Waals surface area contributed by atoms with E-state index in [1.165, 1.54) is 50.1 Å². The third kappa shape index (κ3) is 13.2. The normalized spacial score (nSPS) is 10.8. The summed E-state index contributed by atoms with van der Waals surface area (Å²) in [5.41, 5.74) is 14.9. The van der Waals surface area contributed by atoms with Gasteiger partial charge in [-0.2, -0.15) is 0 Å². The second-order valence-corrected chi connectivity index (χ2v) is 14.7. The summed E-state index contributed by atoms with van der Waals surface area (Å²) in [6.07, 6.45) is 7.39. The summed E-state index contributed by atoms with van der Waals surface area (Å²) < 4.78 is 1.06. The van der Waals surface area contributed by atoms with E-state index in [4.69, 9.17) is 9.98 Å². The van der Waals surface area contributed by atoms with Crippen LogP contribution in [0.3, 0.4) is 0 Å². The molecule has 0 bridgehead atoms. The van der Waals surface area contributed by atoms with Gasteiger partial charge in [0.15, 0.2) is 0 Å². The third-order valence-electron chi connectivity index (χ3n) is 8.85. The zero-order valence-corrected chi connectivity index (χ0v) is 39.9. The SMILES string of the molecule is Cc1c(-c2cc(C(C)C)c(N=Cc3ccccn3)c(C(C)C)c2)cc(Br)cc1-c1cc(C(C)C)c(N=Cc2ccccn2)c(C(C)C)c1.Cl.Cl.Cl.Cl.[Pd].[Pd]. The van der Waals surface area contributed by atoms with Crippen LogP contribution in [-0.2, 0) is 40.8 Å². The van der Waals surface area contributed by atoms with Gasteiger partial charge in [0.05, 0.1) is 35.2 Å². The number of halogens is 5. The van der Waals surface area contributed by atoms with Crippen molar-refractivity contribution in [3.63, 3.8) is 0 Å². The van der Waals surface area contributed by atoms with E-state index in [9.17, 15) is 0 Å². The Hall–Kier alpha value is -1.74. The van der Waals surface area contributed by atoms with E-state index in [1.807, 2.05) is 61.2 Å². The average molecular weight is 1060 g/mol. The van der Waals surface area contributed by atoms with Crippen molar-refractivity contribution in [3.05, 3.63) is 129 Å². The molecule has 2 aromatic heterocycles. The van der Waals surface area contributed by atoms with Crippen LogP contribution in [-0.4, -0.2) is 22.4 Å². The number of aromatic nitrogens is 2. The summed E-state index contributed by atoms with van der Waals surface area (Å²) >= 11 is 3.90. The zero-order valence-electron chi connectivity index (χ0n) is 32.0. The van der Waals surface area contributed by atoms with Crippen molar-refractivity contribution in [1.82, 2.24) is 9.97 Å². The van der Waals surface area contributed by atoms with Crippen LogP contribution in [0.4, 0.5) is 11.4 Å². The van der Waals surface area contributed by atoms with Crippen molar-refractivity contribution < 1.29 is 40.8 Å². The van der Waals surface area contributed by atoms with E-state index >= 15 is 0 Å². The zero-order chi connectivity index (χ0) is 34.5. The maximum atomic E-state index is 5.04. The van der Waals surface area contributed by atoms with Gasteiger partial charge in [-0.15, -0.1) is 49.6 Å². The van der Waals surface area contributed by atoms with Gasteiger partial charge in [-0.3, -0.25) is 20.0 Å². The Labute approximate surface area is 383 Å². The molecule has 0 fully saturated rings. The van der Waals surface area contributed by atoms with Crippen LogP contribution in [0.5, 0.6) is 0 Å². The predicted octanol–water partition coefficient (Wildman–Crippen LogP) is 14.6. The second-order valence-electron chi connectivity index (χ2n) is 13.8. The molecule has 2 heterocycles. The average Bonchev–Trinajstić information content (AvgIpc) is 3.07. The van der Waals surface area contributed by atoms with E-state index in [0.717, 1.165) is 27.2 Å². The van der Waals surface area contributed by atoms with Crippen molar-refractivity contribution in [2.75, 3.05) is 0 Å². The first-order chi connectivity index (χ1) is 22.9. The van der Waals surface area contributed by atoms with Crippen LogP contribution < -0.4 is 0 Å². The summed E-state index contributed by atoms with van der Waals surface area (Å²) in [4.78, 5) is 19.0. The minimum absolute atomic E-state index is 0. The molecule has 0 aliphatic rings. The number of aliphatic imine (C=N–C) groups is 2. The molecule has 0 aliphatic heterocycles. The molecule has 0 N–H and O–H groups in total. The number of hydrogen-bond acceptors (Lipinski definition) is 4. The summed E-state index contributed by atoms with van der Waals surface area (Å²) in [6.45, 7) is 20.3. The van der Waals surface area contributed by atoms with Crippen LogP contribution in [0, 0.1) is 6.92 Å². The minimum atomic E-state index is 0. The fourth-order valence-electron chi connectivity index (χ4n) is 6.17. The molecule has 0 unspecified atom stereocenters. The van der Waals surface area contributed by atoms with E-state index in [1.54, 1.807) is 0 Å². The van der Waals surface area contributed by atoms with Crippen LogP contribution in [0.25, 0.3) is 22.3 Å². The van der Waals surface area contributed by atoms with Gasteiger partial charge in [-0.1, -0.05) is 83.5 Å². The molecule has 11 heteroatoms. The fraction of sp³-hybridized carbons (Fsp3) is 0.302.